The summed E-state index contributed by atoms with van der Waals surface area (Å²) in [4.78, 5) is 12.0. The first-order valence-corrected chi connectivity index (χ1v) is 7.90. The standard InChI is InChI=1S/C16H22Cl2O2/c1-3-5-6-12(4-2)10-20-11-16(19)14-9-13(17)7-8-15(14)18/h7-9,12H,3-6,10-11H2,1-2H3. The molecule has 0 spiro atoms. The van der Waals surface area contributed by atoms with E-state index in [0.29, 0.717) is 28.1 Å². The summed E-state index contributed by atoms with van der Waals surface area (Å²) < 4.78 is 5.54. The lowest BCUT2D eigenvalue weighted by atomic mass is 10.0. The fourth-order valence-electron chi connectivity index (χ4n) is 2.01. The van der Waals surface area contributed by atoms with Crippen LogP contribution in [0.25, 0.3) is 0 Å². The van der Waals surface area contributed by atoms with Gasteiger partial charge in [-0.1, -0.05) is 56.3 Å². The van der Waals surface area contributed by atoms with Crippen molar-refractivity contribution in [1.29, 1.82) is 0 Å². The second kappa shape index (κ2) is 9.38. The normalized spacial score (nSPS) is 12.4. The Morgan fingerprint density at radius 1 is 1.30 bits per heavy atom. The molecule has 0 aliphatic rings. The fraction of sp³-hybridized carbons (Fsp3) is 0.562. The minimum Gasteiger partial charge on any atom is -0.373 e. The number of carbonyl (C=O) groups excluding carboxylic acids is 1. The number of halogens is 2. The van der Waals surface area contributed by atoms with Crippen LogP contribution in [-0.4, -0.2) is 19.0 Å². The largest absolute Gasteiger partial charge is 0.373 e. The van der Waals surface area contributed by atoms with Crippen molar-refractivity contribution in [3.63, 3.8) is 0 Å². The van der Waals surface area contributed by atoms with Crippen LogP contribution >= 0.6 is 23.2 Å². The molecule has 4 heteroatoms. The summed E-state index contributed by atoms with van der Waals surface area (Å²) in [6, 6.07) is 4.89. The molecule has 0 radical (unpaired) electrons. The highest BCUT2D eigenvalue weighted by Gasteiger charge is 2.13. The number of hydrogen-bond acceptors (Lipinski definition) is 2. The number of ketones is 1. The van der Waals surface area contributed by atoms with Gasteiger partial charge in [0.2, 0.25) is 0 Å². The third-order valence-corrected chi connectivity index (χ3v) is 3.92. The number of hydrogen-bond donors (Lipinski definition) is 0. The van der Waals surface area contributed by atoms with Gasteiger partial charge in [0.15, 0.2) is 5.78 Å². The average Bonchev–Trinajstić information content (AvgIpc) is 2.45. The highest BCUT2D eigenvalue weighted by molar-refractivity contribution is 6.35. The molecule has 1 aromatic carbocycles. The van der Waals surface area contributed by atoms with Crippen LogP contribution in [0.3, 0.4) is 0 Å². The van der Waals surface area contributed by atoms with E-state index in [4.69, 9.17) is 27.9 Å². The van der Waals surface area contributed by atoms with E-state index in [1.165, 1.54) is 12.8 Å². The van der Waals surface area contributed by atoms with Gasteiger partial charge in [0, 0.05) is 17.2 Å². The van der Waals surface area contributed by atoms with Gasteiger partial charge in [-0.05, 0) is 30.5 Å². The Kier molecular flexibility index (Phi) is 8.20. The van der Waals surface area contributed by atoms with Gasteiger partial charge in [-0.3, -0.25) is 4.79 Å². The van der Waals surface area contributed by atoms with E-state index >= 15 is 0 Å². The molecule has 1 atom stereocenters. The van der Waals surface area contributed by atoms with E-state index in [-0.39, 0.29) is 12.4 Å². The average molecular weight is 317 g/mol. The Morgan fingerprint density at radius 3 is 2.70 bits per heavy atom. The highest BCUT2D eigenvalue weighted by Crippen LogP contribution is 2.21. The topological polar surface area (TPSA) is 26.3 Å². The number of Topliss-reactive ketones (excluding diaryl/α,β-unsaturated/α-hetero) is 1. The van der Waals surface area contributed by atoms with Crippen LogP contribution in [0.15, 0.2) is 18.2 Å². The van der Waals surface area contributed by atoms with Crippen molar-refractivity contribution in [2.45, 2.75) is 39.5 Å². The fourth-order valence-corrected chi connectivity index (χ4v) is 2.40. The molecule has 0 amide bonds. The van der Waals surface area contributed by atoms with Gasteiger partial charge < -0.3 is 4.74 Å². The number of benzene rings is 1. The van der Waals surface area contributed by atoms with Gasteiger partial charge in [-0.2, -0.15) is 0 Å². The highest BCUT2D eigenvalue weighted by atomic mass is 35.5. The van der Waals surface area contributed by atoms with E-state index in [9.17, 15) is 4.79 Å². The lowest BCUT2D eigenvalue weighted by Crippen LogP contribution is -2.15. The molecule has 1 rings (SSSR count). The summed E-state index contributed by atoms with van der Waals surface area (Å²) in [5.41, 5.74) is 0.431. The number of ether oxygens (including phenoxy) is 1. The summed E-state index contributed by atoms with van der Waals surface area (Å²) in [5.74, 6) is 0.403. The van der Waals surface area contributed by atoms with Gasteiger partial charge in [-0.25, -0.2) is 0 Å². The summed E-state index contributed by atoms with van der Waals surface area (Å²) in [6.07, 6.45) is 4.62. The quantitative estimate of drug-likeness (QED) is 0.569. The van der Waals surface area contributed by atoms with Crippen molar-refractivity contribution in [3.05, 3.63) is 33.8 Å². The molecule has 0 fully saturated rings. The maximum Gasteiger partial charge on any atom is 0.190 e. The van der Waals surface area contributed by atoms with Crippen LogP contribution in [0.1, 0.15) is 49.9 Å². The smallest absolute Gasteiger partial charge is 0.190 e. The molecule has 0 aromatic heterocycles. The Balaban J connectivity index is 2.44. The molecule has 1 aromatic rings. The maximum absolute atomic E-state index is 12.0. The second-order valence-electron chi connectivity index (χ2n) is 4.98. The van der Waals surface area contributed by atoms with E-state index in [2.05, 4.69) is 13.8 Å². The molecule has 0 saturated heterocycles. The molecule has 2 nitrogen and oxygen atoms in total. The van der Waals surface area contributed by atoms with Crippen LogP contribution in [0.2, 0.25) is 10.0 Å². The van der Waals surface area contributed by atoms with Crippen molar-refractivity contribution in [2.75, 3.05) is 13.2 Å². The van der Waals surface area contributed by atoms with E-state index in [0.717, 1.165) is 12.8 Å². The molecule has 0 N–H and O–H groups in total. The first-order chi connectivity index (χ1) is 9.58. The van der Waals surface area contributed by atoms with Crippen LogP contribution in [0.5, 0.6) is 0 Å². The predicted molar refractivity (Wildman–Crippen MR) is 84.9 cm³/mol. The third-order valence-electron chi connectivity index (χ3n) is 3.36. The predicted octanol–water partition coefficient (Wildman–Crippen LogP) is 5.41. The van der Waals surface area contributed by atoms with Crippen molar-refractivity contribution < 1.29 is 9.53 Å². The van der Waals surface area contributed by atoms with Gasteiger partial charge >= 0.3 is 0 Å². The maximum atomic E-state index is 12.0. The van der Waals surface area contributed by atoms with Gasteiger partial charge in [0.05, 0.1) is 5.02 Å². The second-order valence-corrected chi connectivity index (χ2v) is 5.82. The third kappa shape index (κ3) is 5.82. The van der Waals surface area contributed by atoms with Crippen LogP contribution in [0.4, 0.5) is 0 Å². The SMILES string of the molecule is CCCCC(CC)COCC(=O)c1cc(Cl)ccc1Cl. The van der Waals surface area contributed by atoms with Crippen molar-refractivity contribution in [2.24, 2.45) is 5.92 Å². The van der Waals surface area contributed by atoms with Gasteiger partial charge in [0.25, 0.3) is 0 Å². The summed E-state index contributed by atoms with van der Waals surface area (Å²) in [7, 11) is 0. The Labute approximate surface area is 131 Å². The summed E-state index contributed by atoms with van der Waals surface area (Å²) in [5, 5.41) is 0.924. The Morgan fingerprint density at radius 2 is 2.05 bits per heavy atom. The lowest BCUT2D eigenvalue weighted by Gasteiger charge is -2.14. The summed E-state index contributed by atoms with van der Waals surface area (Å²) >= 11 is 11.9. The minimum absolute atomic E-state index is 0.0582. The molecule has 20 heavy (non-hydrogen) atoms. The van der Waals surface area contributed by atoms with Crippen LogP contribution in [0, 0.1) is 5.92 Å². The Hall–Kier alpha value is -0.570. The zero-order valence-corrected chi connectivity index (χ0v) is 13.6. The van der Waals surface area contributed by atoms with Crippen molar-refractivity contribution in [3.8, 4) is 0 Å². The van der Waals surface area contributed by atoms with E-state index in [1.54, 1.807) is 18.2 Å². The Bertz CT molecular complexity index is 432. The van der Waals surface area contributed by atoms with Crippen LogP contribution in [-0.2, 0) is 4.74 Å². The van der Waals surface area contributed by atoms with E-state index < -0.39 is 0 Å². The molecule has 0 bridgehead atoms. The van der Waals surface area contributed by atoms with E-state index in [1.807, 2.05) is 0 Å². The zero-order valence-electron chi connectivity index (χ0n) is 12.1. The number of carbonyl (C=O) groups is 1. The summed E-state index contributed by atoms with van der Waals surface area (Å²) in [6.45, 7) is 5.01. The zero-order chi connectivity index (χ0) is 15.0. The molecular formula is C16H22Cl2O2. The minimum atomic E-state index is -0.122. The van der Waals surface area contributed by atoms with Gasteiger partial charge in [0.1, 0.15) is 6.61 Å². The molecule has 0 heterocycles. The molecule has 0 aliphatic heterocycles. The first-order valence-electron chi connectivity index (χ1n) is 7.14. The molecular weight excluding hydrogens is 295 g/mol. The molecule has 0 saturated carbocycles. The van der Waals surface area contributed by atoms with Crippen molar-refractivity contribution in [1.82, 2.24) is 0 Å². The van der Waals surface area contributed by atoms with Gasteiger partial charge in [-0.15, -0.1) is 0 Å². The molecule has 1 unspecified atom stereocenters. The van der Waals surface area contributed by atoms with Crippen LogP contribution < -0.4 is 0 Å². The number of rotatable bonds is 9. The molecule has 112 valence electrons. The van der Waals surface area contributed by atoms with Crippen molar-refractivity contribution >= 4 is 29.0 Å². The monoisotopic (exact) mass is 316 g/mol. The first kappa shape index (κ1) is 17.5. The number of unbranched alkanes of at least 4 members (excludes halogenated alkanes) is 1. The lowest BCUT2D eigenvalue weighted by molar-refractivity contribution is 0.0658. The molecule has 0 aliphatic carbocycles.